The quantitative estimate of drug-likeness (QED) is 0.153. The van der Waals surface area contributed by atoms with Crippen LogP contribution in [0.2, 0.25) is 10.0 Å². The lowest BCUT2D eigenvalue weighted by atomic mass is 10.2. The average Bonchev–Trinajstić information content (AvgIpc) is 3.45. The summed E-state index contributed by atoms with van der Waals surface area (Å²) in [6.07, 6.45) is 1.54. The van der Waals surface area contributed by atoms with E-state index >= 15 is 0 Å². The van der Waals surface area contributed by atoms with Crippen LogP contribution < -0.4 is 5.32 Å². The van der Waals surface area contributed by atoms with Crippen LogP contribution in [0.15, 0.2) is 99.2 Å². The van der Waals surface area contributed by atoms with Crippen molar-refractivity contribution in [1.82, 2.24) is 4.90 Å². The van der Waals surface area contributed by atoms with E-state index in [9.17, 15) is 9.59 Å². The summed E-state index contributed by atoms with van der Waals surface area (Å²) in [4.78, 5) is 33.2. The van der Waals surface area contributed by atoms with Gasteiger partial charge < -0.3 is 14.5 Å². The number of rotatable bonds is 9. The van der Waals surface area contributed by atoms with Gasteiger partial charge >= 0.3 is 5.97 Å². The molecule has 1 saturated heterocycles. The predicted molar refractivity (Wildman–Crippen MR) is 165 cm³/mol. The first-order valence-electron chi connectivity index (χ1n) is 12.8. The molecule has 0 atom stereocenters. The first kappa shape index (κ1) is 28.5. The van der Waals surface area contributed by atoms with E-state index in [1.54, 1.807) is 36.1 Å². The van der Waals surface area contributed by atoms with Crippen molar-refractivity contribution in [1.29, 1.82) is 0 Å². The molecule has 10 heteroatoms. The van der Waals surface area contributed by atoms with Crippen LogP contribution in [0.1, 0.15) is 34.2 Å². The van der Waals surface area contributed by atoms with Crippen LogP contribution in [0, 0.1) is 0 Å². The third-order valence-corrected chi connectivity index (χ3v) is 7.70. The minimum absolute atomic E-state index is 0.0323. The van der Waals surface area contributed by atoms with Crippen molar-refractivity contribution in [2.45, 2.75) is 20.0 Å². The van der Waals surface area contributed by atoms with E-state index in [4.69, 9.17) is 37.3 Å². The van der Waals surface area contributed by atoms with Crippen LogP contribution in [0.25, 0.3) is 6.08 Å². The summed E-state index contributed by atoms with van der Waals surface area (Å²) in [5, 5.41) is 4.21. The van der Waals surface area contributed by atoms with Crippen molar-refractivity contribution in [3.63, 3.8) is 0 Å². The number of ether oxygens (including phenoxy) is 1. The van der Waals surface area contributed by atoms with Crippen LogP contribution in [0.3, 0.4) is 0 Å². The number of aliphatic imine (C=N–C) groups is 1. The number of thioether (sulfide) groups is 1. The number of esters is 1. The number of carbonyl (C=O) groups excluding carboxylic acids is 2. The largest absolute Gasteiger partial charge is 0.462 e. The number of carbonyl (C=O) groups is 2. The lowest BCUT2D eigenvalue weighted by Crippen LogP contribution is -2.28. The van der Waals surface area contributed by atoms with E-state index in [0.717, 1.165) is 11.1 Å². The molecule has 1 aromatic heterocycles. The molecule has 7 nitrogen and oxygen atoms in total. The lowest BCUT2D eigenvalue weighted by Gasteiger charge is -2.15. The van der Waals surface area contributed by atoms with Gasteiger partial charge in [-0.15, -0.1) is 0 Å². The maximum Gasteiger partial charge on any atom is 0.345 e. The standard InChI is InChI=1S/C31H25Cl2N3O4S/c1-2-39-30(38)26-27(33)24(40-28(26)35-23-15-13-22(32)14-16-23)17-25-29(37)36(19-21-11-7-4-8-12-21)31(41-25)34-18-20-9-5-3-6-10-20/h3-17,35H,2,18-19H2,1H3/b25-17-,34-31?. The smallest absolute Gasteiger partial charge is 0.345 e. The molecule has 2 heterocycles. The number of halogens is 2. The molecule has 0 radical (unpaired) electrons. The van der Waals surface area contributed by atoms with Crippen molar-refractivity contribution in [3.05, 3.63) is 122 Å². The van der Waals surface area contributed by atoms with Gasteiger partial charge in [-0.3, -0.25) is 14.7 Å². The molecule has 1 aliphatic rings. The number of furan rings is 1. The Bertz CT molecular complexity index is 1600. The first-order valence-corrected chi connectivity index (χ1v) is 14.4. The minimum Gasteiger partial charge on any atom is -0.462 e. The highest BCUT2D eigenvalue weighted by Crippen LogP contribution is 2.39. The highest BCUT2D eigenvalue weighted by Gasteiger charge is 2.35. The summed E-state index contributed by atoms with van der Waals surface area (Å²) in [7, 11) is 0. The molecule has 41 heavy (non-hydrogen) atoms. The predicted octanol–water partition coefficient (Wildman–Crippen LogP) is 8.18. The zero-order valence-corrected chi connectivity index (χ0v) is 24.3. The fraction of sp³-hybridized carbons (Fsp3) is 0.129. The number of amidine groups is 1. The molecule has 5 rings (SSSR count). The summed E-state index contributed by atoms with van der Waals surface area (Å²) >= 11 is 13.9. The van der Waals surface area contributed by atoms with Crippen LogP contribution >= 0.6 is 35.0 Å². The second-order valence-corrected chi connectivity index (χ2v) is 10.7. The molecule has 208 valence electrons. The molecule has 0 aliphatic carbocycles. The van der Waals surface area contributed by atoms with Gasteiger partial charge in [0.05, 0.1) is 24.6 Å². The highest BCUT2D eigenvalue weighted by molar-refractivity contribution is 8.18. The zero-order chi connectivity index (χ0) is 28.8. The van der Waals surface area contributed by atoms with Crippen LogP contribution in [-0.4, -0.2) is 28.6 Å². The van der Waals surface area contributed by atoms with Crippen molar-refractivity contribution in [2.24, 2.45) is 4.99 Å². The lowest BCUT2D eigenvalue weighted by molar-refractivity contribution is -0.122. The van der Waals surface area contributed by atoms with Gasteiger partial charge in [-0.1, -0.05) is 83.9 Å². The van der Waals surface area contributed by atoms with E-state index in [1.165, 1.54) is 17.8 Å². The van der Waals surface area contributed by atoms with Gasteiger partial charge in [-0.05, 0) is 54.1 Å². The number of hydrogen-bond donors (Lipinski definition) is 1. The summed E-state index contributed by atoms with van der Waals surface area (Å²) in [5.41, 5.74) is 2.64. The molecular weight excluding hydrogens is 581 g/mol. The number of nitrogens with one attached hydrogen (secondary N) is 1. The Morgan fingerprint density at radius 1 is 1.00 bits per heavy atom. The van der Waals surface area contributed by atoms with Crippen molar-refractivity contribution < 1.29 is 18.7 Å². The molecular formula is C31H25Cl2N3O4S. The van der Waals surface area contributed by atoms with Crippen LogP contribution in [-0.2, 0) is 22.6 Å². The van der Waals surface area contributed by atoms with E-state index in [2.05, 4.69) is 5.32 Å². The van der Waals surface area contributed by atoms with E-state index in [1.807, 2.05) is 60.7 Å². The molecule has 1 fully saturated rings. The number of amides is 1. The van der Waals surface area contributed by atoms with Gasteiger partial charge in [0.15, 0.2) is 5.17 Å². The highest BCUT2D eigenvalue weighted by atomic mass is 35.5. The van der Waals surface area contributed by atoms with Crippen LogP contribution in [0.4, 0.5) is 11.6 Å². The number of benzene rings is 3. The second kappa shape index (κ2) is 13.1. The van der Waals surface area contributed by atoms with Gasteiger partial charge in [0, 0.05) is 16.8 Å². The van der Waals surface area contributed by atoms with Gasteiger partial charge in [0.1, 0.15) is 16.3 Å². The van der Waals surface area contributed by atoms with Crippen molar-refractivity contribution in [3.8, 4) is 0 Å². The van der Waals surface area contributed by atoms with E-state index < -0.39 is 5.97 Å². The Morgan fingerprint density at radius 3 is 2.32 bits per heavy atom. The zero-order valence-electron chi connectivity index (χ0n) is 22.0. The third kappa shape index (κ3) is 6.85. The minimum atomic E-state index is -0.649. The maximum atomic E-state index is 13.6. The Hall–Kier alpha value is -3.98. The Labute approximate surface area is 251 Å². The van der Waals surface area contributed by atoms with Gasteiger partial charge in [0.25, 0.3) is 5.91 Å². The summed E-state index contributed by atoms with van der Waals surface area (Å²) < 4.78 is 11.2. The van der Waals surface area contributed by atoms with Gasteiger partial charge in [-0.25, -0.2) is 4.79 Å². The first-order chi connectivity index (χ1) is 19.9. The molecule has 1 amide bonds. The fourth-order valence-corrected chi connectivity index (χ4v) is 5.38. The average molecular weight is 607 g/mol. The third-order valence-electron chi connectivity index (χ3n) is 6.03. The molecule has 1 aliphatic heterocycles. The van der Waals surface area contributed by atoms with Gasteiger partial charge in [-0.2, -0.15) is 0 Å². The van der Waals surface area contributed by atoms with Gasteiger partial charge in [0.2, 0.25) is 5.88 Å². The summed E-state index contributed by atoms with van der Waals surface area (Å²) in [6, 6.07) is 26.4. The molecule has 3 aromatic carbocycles. The molecule has 4 aromatic rings. The number of anilines is 2. The molecule has 0 bridgehead atoms. The summed E-state index contributed by atoms with van der Waals surface area (Å²) in [5.74, 6) is -0.658. The maximum absolute atomic E-state index is 13.6. The summed E-state index contributed by atoms with van der Waals surface area (Å²) in [6.45, 7) is 2.62. The molecule has 0 spiro atoms. The van der Waals surface area contributed by atoms with Crippen molar-refractivity contribution in [2.75, 3.05) is 11.9 Å². The Morgan fingerprint density at radius 2 is 1.66 bits per heavy atom. The van der Waals surface area contributed by atoms with E-state index in [-0.39, 0.29) is 34.7 Å². The van der Waals surface area contributed by atoms with E-state index in [0.29, 0.717) is 33.9 Å². The Balaban J connectivity index is 1.50. The van der Waals surface area contributed by atoms with Crippen molar-refractivity contribution >= 4 is 69.7 Å². The molecule has 0 saturated carbocycles. The molecule has 1 N–H and O–H groups in total. The number of nitrogens with zero attached hydrogens (tertiary/aromatic N) is 2. The monoisotopic (exact) mass is 605 g/mol. The Kier molecular flexibility index (Phi) is 9.14. The normalized spacial score (nSPS) is 15.1. The number of hydrogen-bond acceptors (Lipinski definition) is 7. The topological polar surface area (TPSA) is 84.1 Å². The SMILES string of the molecule is CCOC(=O)c1c(Nc2ccc(Cl)cc2)oc(/C=C2\SC(=NCc3ccccc3)N(Cc3ccccc3)C2=O)c1Cl. The second-order valence-electron chi connectivity index (χ2n) is 8.91. The molecule has 0 unspecified atom stereocenters. The fourth-order valence-electron chi connectivity index (χ4n) is 4.05. The van der Waals surface area contributed by atoms with Crippen LogP contribution in [0.5, 0.6) is 0 Å².